The van der Waals surface area contributed by atoms with E-state index in [9.17, 15) is 14.7 Å². The van der Waals surface area contributed by atoms with Gasteiger partial charge in [0.15, 0.2) is 0 Å². The number of nitrogens with one attached hydrogen (secondary N) is 1. The molecular weight excluding hydrogens is 316 g/mol. The van der Waals surface area contributed by atoms with Crippen LogP contribution in [-0.2, 0) is 4.79 Å². The molecule has 0 aliphatic rings. The van der Waals surface area contributed by atoms with Gasteiger partial charge in [0, 0.05) is 10.8 Å². The molecule has 1 heterocycles. The minimum absolute atomic E-state index is 0.166. The molecule has 0 aliphatic heterocycles. The maximum atomic E-state index is 13.0. The lowest BCUT2D eigenvalue weighted by atomic mass is 9.97. The van der Waals surface area contributed by atoms with Gasteiger partial charge in [-0.1, -0.05) is 56.7 Å². The second kappa shape index (κ2) is 6.89. The summed E-state index contributed by atoms with van der Waals surface area (Å²) < 4.78 is 0. The molecule has 2 aromatic carbocycles. The van der Waals surface area contributed by atoms with Gasteiger partial charge >= 0.3 is 5.97 Å². The van der Waals surface area contributed by atoms with Gasteiger partial charge in [-0.2, -0.15) is 0 Å². The summed E-state index contributed by atoms with van der Waals surface area (Å²) in [6.07, 6.45) is 0.662. The van der Waals surface area contributed by atoms with Gasteiger partial charge in [0.25, 0.3) is 5.91 Å². The average molecular weight is 336 g/mol. The maximum Gasteiger partial charge on any atom is 0.326 e. The minimum Gasteiger partial charge on any atom is -0.480 e. The Bertz CT molecular complexity index is 898. The molecule has 3 rings (SSSR count). The lowest BCUT2D eigenvalue weighted by Crippen LogP contribution is -2.45. The smallest absolute Gasteiger partial charge is 0.326 e. The van der Waals surface area contributed by atoms with Crippen LogP contribution < -0.4 is 5.32 Å². The highest BCUT2D eigenvalue weighted by atomic mass is 16.4. The van der Waals surface area contributed by atoms with Gasteiger partial charge in [-0.05, 0) is 18.1 Å². The summed E-state index contributed by atoms with van der Waals surface area (Å²) in [5, 5.41) is 13.6. The van der Waals surface area contributed by atoms with Crippen molar-refractivity contribution in [2.75, 3.05) is 0 Å². The van der Waals surface area contributed by atoms with E-state index in [0.717, 1.165) is 0 Å². The number of fused-ring (bicyclic) bond motifs is 2. The topological polar surface area (TPSA) is 79.3 Å². The number of para-hydroxylation sites is 2. The Morgan fingerprint density at radius 3 is 2.04 bits per heavy atom. The SMILES string of the molecule is CC[C@H](C)[C@H](NC(=O)c1c2ccccc2nc2ccccc12)C(=O)O. The highest BCUT2D eigenvalue weighted by molar-refractivity contribution is 6.16. The maximum absolute atomic E-state index is 13.0. The number of aromatic nitrogens is 1. The zero-order chi connectivity index (χ0) is 18.0. The molecule has 2 N–H and O–H groups in total. The van der Waals surface area contributed by atoms with Crippen LogP contribution in [0.15, 0.2) is 48.5 Å². The molecule has 25 heavy (non-hydrogen) atoms. The van der Waals surface area contributed by atoms with Gasteiger partial charge in [0.1, 0.15) is 6.04 Å². The molecule has 128 valence electrons. The summed E-state index contributed by atoms with van der Waals surface area (Å²) in [5.74, 6) is -1.58. The fraction of sp³-hybridized carbons (Fsp3) is 0.250. The van der Waals surface area contributed by atoms with E-state index in [1.54, 1.807) is 0 Å². The summed E-state index contributed by atoms with van der Waals surface area (Å²) in [5.41, 5.74) is 1.89. The van der Waals surface area contributed by atoms with Gasteiger partial charge in [-0.15, -0.1) is 0 Å². The van der Waals surface area contributed by atoms with Gasteiger partial charge in [-0.3, -0.25) is 4.79 Å². The zero-order valence-corrected chi connectivity index (χ0v) is 14.2. The van der Waals surface area contributed by atoms with Crippen LogP contribution in [0.4, 0.5) is 0 Å². The van der Waals surface area contributed by atoms with Crippen molar-refractivity contribution in [3.63, 3.8) is 0 Å². The molecule has 0 radical (unpaired) electrons. The van der Waals surface area contributed by atoms with Crippen LogP contribution in [0, 0.1) is 5.92 Å². The quantitative estimate of drug-likeness (QED) is 0.698. The third-order valence-corrected chi connectivity index (χ3v) is 4.58. The largest absolute Gasteiger partial charge is 0.480 e. The monoisotopic (exact) mass is 336 g/mol. The molecule has 0 spiro atoms. The second-order valence-electron chi connectivity index (χ2n) is 6.20. The number of carboxylic acids is 1. The first-order valence-corrected chi connectivity index (χ1v) is 8.34. The third-order valence-electron chi connectivity index (χ3n) is 4.58. The fourth-order valence-corrected chi connectivity index (χ4v) is 2.98. The highest BCUT2D eigenvalue weighted by Crippen LogP contribution is 2.26. The van der Waals surface area contributed by atoms with E-state index in [0.29, 0.717) is 33.8 Å². The first-order chi connectivity index (χ1) is 12.0. The van der Waals surface area contributed by atoms with Crippen molar-refractivity contribution in [2.24, 2.45) is 5.92 Å². The van der Waals surface area contributed by atoms with Crippen molar-refractivity contribution in [1.29, 1.82) is 0 Å². The molecule has 0 aliphatic carbocycles. The van der Waals surface area contributed by atoms with Gasteiger partial charge in [0.2, 0.25) is 0 Å². The van der Waals surface area contributed by atoms with Crippen LogP contribution >= 0.6 is 0 Å². The van der Waals surface area contributed by atoms with Crippen molar-refractivity contribution in [3.05, 3.63) is 54.1 Å². The van der Waals surface area contributed by atoms with E-state index in [2.05, 4.69) is 10.3 Å². The lowest BCUT2D eigenvalue weighted by Gasteiger charge is -2.21. The van der Waals surface area contributed by atoms with Crippen LogP contribution in [-0.4, -0.2) is 28.0 Å². The molecule has 1 aromatic heterocycles. The number of carbonyl (C=O) groups excluding carboxylic acids is 1. The Kier molecular flexibility index (Phi) is 4.65. The number of carbonyl (C=O) groups is 2. The number of benzene rings is 2. The Morgan fingerprint density at radius 1 is 1.04 bits per heavy atom. The molecule has 5 heteroatoms. The molecule has 0 bridgehead atoms. The van der Waals surface area contributed by atoms with E-state index < -0.39 is 12.0 Å². The van der Waals surface area contributed by atoms with Gasteiger partial charge in [-0.25, -0.2) is 9.78 Å². The Morgan fingerprint density at radius 2 is 1.56 bits per heavy atom. The summed E-state index contributed by atoms with van der Waals surface area (Å²) in [7, 11) is 0. The molecule has 0 saturated carbocycles. The van der Waals surface area contributed by atoms with Crippen molar-refractivity contribution in [1.82, 2.24) is 10.3 Å². The number of nitrogens with zero attached hydrogens (tertiary/aromatic N) is 1. The summed E-state index contributed by atoms with van der Waals surface area (Å²) in [6, 6.07) is 13.9. The van der Waals surface area contributed by atoms with E-state index >= 15 is 0 Å². The van der Waals surface area contributed by atoms with Crippen LogP contribution in [0.1, 0.15) is 30.6 Å². The summed E-state index contributed by atoms with van der Waals surface area (Å²) in [4.78, 5) is 29.2. The molecule has 0 saturated heterocycles. The van der Waals surface area contributed by atoms with E-state index in [1.807, 2.05) is 62.4 Å². The molecule has 1 amide bonds. The number of carboxylic acid groups (broad SMARTS) is 1. The fourth-order valence-electron chi connectivity index (χ4n) is 2.98. The van der Waals surface area contributed by atoms with Crippen LogP contribution in [0.25, 0.3) is 21.8 Å². The summed E-state index contributed by atoms with van der Waals surface area (Å²) >= 11 is 0. The minimum atomic E-state index is -1.02. The number of rotatable bonds is 5. The van der Waals surface area contributed by atoms with E-state index in [-0.39, 0.29) is 11.8 Å². The van der Waals surface area contributed by atoms with Crippen LogP contribution in [0.2, 0.25) is 0 Å². The number of pyridine rings is 1. The van der Waals surface area contributed by atoms with Crippen LogP contribution in [0.5, 0.6) is 0 Å². The zero-order valence-electron chi connectivity index (χ0n) is 14.2. The molecular formula is C20H20N2O3. The molecule has 0 unspecified atom stereocenters. The van der Waals surface area contributed by atoms with E-state index in [1.165, 1.54) is 0 Å². The third kappa shape index (κ3) is 3.18. The highest BCUT2D eigenvalue weighted by Gasteiger charge is 2.27. The van der Waals surface area contributed by atoms with Gasteiger partial charge < -0.3 is 10.4 Å². The first kappa shape index (κ1) is 16.9. The normalized spacial score (nSPS) is 13.5. The lowest BCUT2D eigenvalue weighted by molar-refractivity contribution is -0.140. The predicted octanol–water partition coefficient (Wildman–Crippen LogP) is 3.62. The van der Waals surface area contributed by atoms with Crippen LogP contribution in [0.3, 0.4) is 0 Å². The van der Waals surface area contributed by atoms with Gasteiger partial charge in [0.05, 0.1) is 16.6 Å². The number of amides is 1. The Hall–Kier alpha value is -2.95. The predicted molar refractivity (Wildman–Crippen MR) is 97.6 cm³/mol. The molecule has 2 atom stereocenters. The van der Waals surface area contributed by atoms with Crippen molar-refractivity contribution < 1.29 is 14.7 Å². The standard InChI is InChI=1S/C20H20N2O3/c1-3-12(2)18(20(24)25)22-19(23)17-13-8-4-6-10-15(13)21-16-11-7-5-9-14(16)17/h4-12,18H,3H2,1-2H3,(H,22,23)(H,24,25)/t12-,18-/m0/s1. The Labute approximate surface area is 145 Å². The average Bonchev–Trinajstić information content (AvgIpc) is 2.62. The van der Waals surface area contributed by atoms with Crippen molar-refractivity contribution >= 4 is 33.7 Å². The molecule has 5 nitrogen and oxygen atoms in total. The Balaban J connectivity index is 2.15. The second-order valence-corrected chi connectivity index (χ2v) is 6.20. The number of aliphatic carboxylic acids is 1. The summed E-state index contributed by atoms with van der Waals surface area (Å²) in [6.45, 7) is 3.73. The first-order valence-electron chi connectivity index (χ1n) is 8.34. The number of hydrogen-bond donors (Lipinski definition) is 2. The van der Waals surface area contributed by atoms with E-state index in [4.69, 9.17) is 0 Å². The molecule has 0 fully saturated rings. The van der Waals surface area contributed by atoms with Crippen molar-refractivity contribution in [2.45, 2.75) is 26.3 Å². The molecule has 3 aromatic rings. The van der Waals surface area contributed by atoms with Crippen molar-refractivity contribution in [3.8, 4) is 0 Å². The number of hydrogen-bond acceptors (Lipinski definition) is 3.